The molecular weight excluding hydrogens is 375 g/mol. The number of aryl methyl sites for hydroxylation is 1. The second kappa shape index (κ2) is 7.92. The van der Waals surface area contributed by atoms with E-state index in [0.29, 0.717) is 0 Å². The third kappa shape index (κ3) is 3.46. The maximum Gasteiger partial charge on any atom is 0.158 e. The van der Waals surface area contributed by atoms with Crippen molar-refractivity contribution in [2.75, 3.05) is 31.1 Å². The number of H-pyrrole nitrogens is 1. The normalized spacial score (nSPS) is 16.1. The number of aromatic nitrogens is 2. The Morgan fingerprint density at radius 1 is 0.967 bits per heavy atom. The third-order valence-corrected chi connectivity index (χ3v) is 6.22. The maximum absolute atomic E-state index is 13.3. The highest BCUT2D eigenvalue weighted by Gasteiger charge is 2.34. The Bertz CT molecular complexity index is 1130. The highest BCUT2D eigenvalue weighted by Crippen LogP contribution is 2.30. The third-order valence-electron chi connectivity index (χ3n) is 6.22. The number of halogens is 1. The van der Waals surface area contributed by atoms with E-state index in [1.165, 1.54) is 27.1 Å². The summed E-state index contributed by atoms with van der Waals surface area (Å²) < 4.78 is 13.3. The topological polar surface area (TPSA) is 36.4 Å². The predicted octanol–water partition coefficient (Wildman–Crippen LogP) is 3.50. The van der Waals surface area contributed by atoms with Crippen LogP contribution in [0.15, 0.2) is 72.9 Å². The Labute approximate surface area is 176 Å². The number of benzene rings is 2. The molecule has 0 unspecified atom stereocenters. The summed E-state index contributed by atoms with van der Waals surface area (Å²) in [7, 11) is 0. The molecule has 152 valence electrons. The summed E-state index contributed by atoms with van der Waals surface area (Å²) in [5.74, 6) is -0.187. The van der Waals surface area contributed by atoms with Crippen LogP contribution >= 0.6 is 0 Å². The highest BCUT2D eigenvalue weighted by atomic mass is 19.1. The van der Waals surface area contributed by atoms with Gasteiger partial charge >= 0.3 is 0 Å². The molecule has 2 aromatic heterocycles. The maximum atomic E-state index is 13.3. The van der Waals surface area contributed by atoms with E-state index in [1.54, 1.807) is 12.1 Å². The summed E-state index contributed by atoms with van der Waals surface area (Å²) in [5.41, 5.74) is 5.92. The Morgan fingerprint density at radius 3 is 2.43 bits per heavy atom. The molecule has 0 spiro atoms. The molecule has 4 aromatic rings. The van der Waals surface area contributed by atoms with Crippen molar-refractivity contribution in [1.29, 1.82) is 0 Å². The molecule has 1 aliphatic rings. The van der Waals surface area contributed by atoms with E-state index < -0.39 is 0 Å². The van der Waals surface area contributed by atoms with E-state index in [1.807, 2.05) is 24.4 Å². The van der Waals surface area contributed by atoms with Crippen LogP contribution in [-0.4, -0.2) is 36.1 Å². The van der Waals surface area contributed by atoms with Gasteiger partial charge in [0.1, 0.15) is 11.5 Å². The molecule has 5 heteroatoms. The van der Waals surface area contributed by atoms with Gasteiger partial charge in [-0.15, -0.1) is 0 Å². The number of rotatable bonds is 4. The Kier molecular flexibility index (Phi) is 4.97. The summed E-state index contributed by atoms with van der Waals surface area (Å²) in [4.78, 5) is 12.2. The monoisotopic (exact) mass is 401 g/mol. The van der Waals surface area contributed by atoms with Gasteiger partial charge in [0.05, 0.1) is 26.2 Å². The van der Waals surface area contributed by atoms with Gasteiger partial charge < -0.3 is 14.8 Å². The van der Waals surface area contributed by atoms with Crippen LogP contribution in [0.5, 0.6) is 0 Å². The van der Waals surface area contributed by atoms with E-state index in [9.17, 15) is 4.39 Å². The molecule has 1 fully saturated rings. The van der Waals surface area contributed by atoms with Crippen molar-refractivity contribution < 1.29 is 9.29 Å². The van der Waals surface area contributed by atoms with Crippen LogP contribution in [0.4, 0.5) is 10.1 Å². The van der Waals surface area contributed by atoms with Crippen LogP contribution in [0, 0.1) is 12.7 Å². The van der Waals surface area contributed by atoms with Gasteiger partial charge in [0.25, 0.3) is 0 Å². The first-order chi connectivity index (χ1) is 14.7. The van der Waals surface area contributed by atoms with Crippen molar-refractivity contribution in [3.8, 4) is 0 Å². The van der Waals surface area contributed by atoms with Crippen molar-refractivity contribution >= 4 is 16.6 Å². The van der Waals surface area contributed by atoms with Gasteiger partial charge in [0.2, 0.25) is 0 Å². The molecule has 2 aromatic carbocycles. The average Bonchev–Trinajstić information content (AvgIpc) is 3.12. The molecule has 0 amide bonds. The molecule has 30 heavy (non-hydrogen) atoms. The van der Waals surface area contributed by atoms with Crippen molar-refractivity contribution in [3.05, 3.63) is 95.7 Å². The zero-order chi connectivity index (χ0) is 20.5. The highest BCUT2D eigenvalue weighted by molar-refractivity contribution is 5.85. The molecule has 1 aliphatic heterocycles. The summed E-state index contributed by atoms with van der Waals surface area (Å²) >= 11 is 0. The minimum absolute atomic E-state index is 0.178. The minimum Gasteiger partial charge on any atom is -0.360 e. The van der Waals surface area contributed by atoms with Crippen LogP contribution in [0.2, 0.25) is 0 Å². The number of hydrogen-bond acceptors (Lipinski definition) is 2. The summed E-state index contributed by atoms with van der Waals surface area (Å²) in [5, 5.41) is 1.28. The minimum atomic E-state index is -0.187. The quantitative estimate of drug-likeness (QED) is 0.549. The van der Waals surface area contributed by atoms with Crippen molar-refractivity contribution in [2.24, 2.45) is 0 Å². The van der Waals surface area contributed by atoms with Gasteiger partial charge in [-0.05, 0) is 49.4 Å². The van der Waals surface area contributed by atoms with Crippen LogP contribution in [0.3, 0.4) is 0 Å². The number of hydrogen-bond donors (Lipinski definition) is 2. The number of nitrogens with one attached hydrogen (secondary N) is 2. The number of fused-ring (bicyclic) bond motifs is 1. The van der Waals surface area contributed by atoms with Gasteiger partial charge in [-0.1, -0.05) is 24.3 Å². The lowest BCUT2D eigenvalue weighted by Gasteiger charge is -2.37. The lowest BCUT2D eigenvalue weighted by atomic mass is 9.97. The second-order valence-electron chi connectivity index (χ2n) is 8.02. The molecule has 0 radical (unpaired) electrons. The average molecular weight is 402 g/mol. The first-order valence-corrected chi connectivity index (χ1v) is 10.5. The molecule has 2 N–H and O–H groups in total. The summed E-state index contributed by atoms with van der Waals surface area (Å²) in [6.45, 7) is 6.03. The van der Waals surface area contributed by atoms with Gasteiger partial charge in [-0.25, -0.2) is 4.39 Å². The molecular formula is C25H26FN4+. The fourth-order valence-corrected chi connectivity index (χ4v) is 4.77. The van der Waals surface area contributed by atoms with Gasteiger partial charge in [0, 0.05) is 34.0 Å². The zero-order valence-electron chi connectivity index (χ0n) is 17.1. The lowest BCUT2D eigenvalue weighted by Crippen LogP contribution is -3.15. The fraction of sp³-hybridized carbons (Fsp3) is 0.240. The number of piperazine rings is 1. The van der Waals surface area contributed by atoms with E-state index in [-0.39, 0.29) is 11.9 Å². The first-order valence-electron chi connectivity index (χ1n) is 10.5. The number of para-hydroxylation sites is 1. The smallest absolute Gasteiger partial charge is 0.158 e. The van der Waals surface area contributed by atoms with E-state index in [4.69, 9.17) is 4.98 Å². The molecule has 0 aliphatic carbocycles. The lowest BCUT2D eigenvalue weighted by molar-refractivity contribution is -0.926. The Balaban J connectivity index is 1.48. The summed E-state index contributed by atoms with van der Waals surface area (Å²) in [6, 6.07) is 21.7. The molecule has 3 heterocycles. The molecule has 0 saturated carbocycles. The van der Waals surface area contributed by atoms with E-state index in [2.05, 4.69) is 53.2 Å². The zero-order valence-corrected chi connectivity index (χ0v) is 17.1. The number of anilines is 1. The first kappa shape index (κ1) is 18.8. The molecule has 5 rings (SSSR count). The number of quaternary nitrogens is 1. The van der Waals surface area contributed by atoms with Crippen molar-refractivity contribution in [2.45, 2.75) is 13.0 Å². The molecule has 0 bridgehead atoms. The predicted molar refractivity (Wildman–Crippen MR) is 118 cm³/mol. The number of pyridine rings is 1. The summed E-state index contributed by atoms with van der Waals surface area (Å²) in [6.07, 6.45) is 1.89. The van der Waals surface area contributed by atoms with Crippen LogP contribution in [0.1, 0.15) is 23.0 Å². The number of aromatic amines is 1. The van der Waals surface area contributed by atoms with Crippen molar-refractivity contribution in [3.63, 3.8) is 0 Å². The van der Waals surface area contributed by atoms with Crippen LogP contribution in [0.25, 0.3) is 10.9 Å². The second-order valence-corrected chi connectivity index (χ2v) is 8.02. The molecule has 1 atom stereocenters. The van der Waals surface area contributed by atoms with Crippen molar-refractivity contribution in [1.82, 2.24) is 9.97 Å². The van der Waals surface area contributed by atoms with E-state index in [0.717, 1.165) is 37.6 Å². The Hall–Kier alpha value is -3.18. The standard InChI is InChI=1S/C25H25FN4/c1-18-24(21-6-2-3-7-22(21)28-18)25(23-8-4-5-13-27-23)30-16-14-29(15-17-30)20-11-9-19(26)10-12-20/h2-13,25,28H,14-17H2,1H3/p+1/t25-/m0/s1. The number of nitrogens with zero attached hydrogens (tertiary/aromatic N) is 2. The van der Waals surface area contributed by atoms with Gasteiger partial charge in [-0.2, -0.15) is 0 Å². The largest absolute Gasteiger partial charge is 0.360 e. The van der Waals surface area contributed by atoms with E-state index >= 15 is 0 Å². The van der Waals surface area contributed by atoms with Gasteiger partial charge in [0.15, 0.2) is 6.04 Å². The fourth-order valence-electron chi connectivity index (χ4n) is 4.77. The SMILES string of the molecule is Cc1[nH]c2ccccc2c1[C@H](c1ccccn1)[NH+]1CCN(c2ccc(F)cc2)CC1. The van der Waals surface area contributed by atoms with Crippen LogP contribution < -0.4 is 9.80 Å². The molecule has 4 nitrogen and oxygen atoms in total. The Morgan fingerprint density at radius 2 is 1.70 bits per heavy atom. The van der Waals surface area contributed by atoms with Gasteiger partial charge in [-0.3, -0.25) is 4.98 Å². The van der Waals surface area contributed by atoms with Crippen LogP contribution in [-0.2, 0) is 0 Å². The molecule has 1 saturated heterocycles.